The molecule has 3 heteroatoms. The summed E-state index contributed by atoms with van der Waals surface area (Å²) in [6.07, 6.45) is 2.54. The first-order valence-electron chi connectivity index (χ1n) is 6.14. The number of hydrogen-bond donors (Lipinski definition) is 1. The molecule has 0 amide bonds. The van der Waals surface area contributed by atoms with E-state index in [1.54, 1.807) is 0 Å². The first kappa shape index (κ1) is 12.7. The minimum absolute atomic E-state index is 0.0769. The smallest absolute Gasteiger partial charge is 0.138 e. The number of halogens is 1. The van der Waals surface area contributed by atoms with E-state index < -0.39 is 0 Å². The van der Waals surface area contributed by atoms with Crippen molar-refractivity contribution >= 4 is 11.6 Å². The molecule has 1 atom stereocenters. The van der Waals surface area contributed by atoms with Crippen molar-refractivity contribution in [1.29, 1.82) is 0 Å². The second kappa shape index (κ2) is 4.51. The van der Waals surface area contributed by atoms with Gasteiger partial charge in [0, 0.05) is 6.04 Å². The molecule has 2 rings (SSSR count). The van der Waals surface area contributed by atoms with Gasteiger partial charge in [-0.25, -0.2) is 0 Å². The third kappa shape index (κ3) is 2.75. The van der Waals surface area contributed by atoms with E-state index in [4.69, 9.17) is 22.1 Å². The molecule has 2 nitrogen and oxygen atoms in total. The number of nitrogens with two attached hydrogens (primary N) is 1. The lowest BCUT2D eigenvalue weighted by Gasteiger charge is -2.20. The minimum atomic E-state index is 0.0769. The van der Waals surface area contributed by atoms with Crippen molar-refractivity contribution in [2.45, 2.75) is 45.8 Å². The highest BCUT2D eigenvalue weighted by Gasteiger charge is 2.43. The fourth-order valence-corrected chi connectivity index (χ4v) is 2.20. The van der Waals surface area contributed by atoms with Gasteiger partial charge in [-0.1, -0.05) is 24.6 Å². The molecule has 1 saturated carbocycles. The fraction of sp³-hybridized carbons (Fsp3) is 0.571. The summed E-state index contributed by atoms with van der Waals surface area (Å²) in [7, 11) is 0. The third-order valence-electron chi connectivity index (χ3n) is 3.47. The van der Waals surface area contributed by atoms with Gasteiger partial charge in [-0.15, -0.1) is 0 Å². The predicted octanol–water partition coefficient (Wildman–Crippen LogP) is 3.93. The van der Waals surface area contributed by atoms with Crippen LogP contribution in [-0.2, 0) is 0 Å². The van der Waals surface area contributed by atoms with Gasteiger partial charge < -0.3 is 10.5 Å². The maximum atomic E-state index is 6.26. The molecule has 0 aliphatic heterocycles. The Balaban J connectivity index is 2.18. The van der Waals surface area contributed by atoms with Crippen LogP contribution in [0.5, 0.6) is 5.75 Å². The Kier molecular flexibility index (Phi) is 3.37. The van der Waals surface area contributed by atoms with Gasteiger partial charge in [0.15, 0.2) is 0 Å². The molecule has 1 aromatic rings. The van der Waals surface area contributed by atoms with E-state index >= 15 is 0 Å². The van der Waals surface area contributed by atoms with Crippen molar-refractivity contribution in [1.82, 2.24) is 0 Å². The standard InChI is InChI=1S/C14H20ClNO/c1-9(2)17-12-5-4-10(8-11(12)15)13(16)14(3)6-7-14/h4-5,8-9,13H,6-7,16H2,1-3H3. The fourth-order valence-electron chi connectivity index (χ4n) is 1.97. The second-order valence-corrected chi connectivity index (χ2v) is 5.90. The molecule has 0 heterocycles. The summed E-state index contributed by atoms with van der Waals surface area (Å²) in [4.78, 5) is 0. The Bertz CT molecular complexity index is 413. The highest BCUT2D eigenvalue weighted by atomic mass is 35.5. The molecular weight excluding hydrogens is 234 g/mol. The van der Waals surface area contributed by atoms with E-state index in [0.29, 0.717) is 5.02 Å². The zero-order valence-corrected chi connectivity index (χ0v) is 11.4. The molecule has 0 radical (unpaired) electrons. The molecule has 0 spiro atoms. The van der Waals surface area contributed by atoms with Crippen LogP contribution in [0.15, 0.2) is 18.2 Å². The van der Waals surface area contributed by atoms with Gasteiger partial charge in [0.05, 0.1) is 11.1 Å². The van der Waals surface area contributed by atoms with Crippen LogP contribution in [0.1, 0.15) is 45.2 Å². The molecule has 0 saturated heterocycles. The number of hydrogen-bond acceptors (Lipinski definition) is 2. The van der Waals surface area contributed by atoms with Crippen LogP contribution in [0.4, 0.5) is 0 Å². The van der Waals surface area contributed by atoms with Crippen molar-refractivity contribution in [3.8, 4) is 5.75 Å². The Labute approximate surface area is 108 Å². The summed E-state index contributed by atoms with van der Waals surface area (Å²) in [6.45, 7) is 6.20. The molecule has 0 bridgehead atoms. The lowest BCUT2D eigenvalue weighted by atomic mass is 9.93. The number of rotatable bonds is 4. The highest BCUT2D eigenvalue weighted by Crippen LogP contribution is 2.53. The van der Waals surface area contributed by atoms with E-state index in [-0.39, 0.29) is 17.6 Å². The molecule has 0 aromatic heterocycles. The lowest BCUT2D eigenvalue weighted by molar-refractivity contribution is 0.242. The predicted molar refractivity (Wildman–Crippen MR) is 71.5 cm³/mol. The molecule has 94 valence electrons. The van der Waals surface area contributed by atoms with Crippen molar-refractivity contribution in [3.05, 3.63) is 28.8 Å². The van der Waals surface area contributed by atoms with E-state index in [2.05, 4.69) is 6.92 Å². The van der Waals surface area contributed by atoms with Crippen molar-refractivity contribution in [3.63, 3.8) is 0 Å². The SMILES string of the molecule is CC(C)Oc1ccc(C(N)C2(C)CC2)cc1Cl. The Morgan fingerprint density at radius 1 is 1.35 bits per heavy atom. The monoisotopic (exact) mass is 253 g/mol. The Morgan fingerprint density at radius 3 is 2.47 bits per heavy atom. The van der Waals surface area contributed by atoms with Gasteiger partial charge in [-0.3, -0.25) is 0 Å². The van der Waals surface area contributed by atoms with E-state index in [9.17, 15) is 0 Å². The second-order valence-electron chi connectivity index (χ2n) is 5.49. The van der Waals surface area contributed by atoms with Crippen LogP contribution < -0.4 is 10.5 Å². The molecule has 17 heavy (non-hydrogen) atoms. The van der Waals surface area contributed by atoms with E-state index in [1.165, 1.54) is 12.8 Å². The number of benzene rings is 1. The molecule has 1 aromatic carbocycles. The van der Waals surface area contributed by atoms with Crippen molar-refractivity contribution in [2.75, 3.05) is 0 Å². The zero-order valence-electron chi connectivity index (χ0n) is 10.7. The summed E-state index contributed by atoms with van der Waals surface area (Å²) in [5.41, 5.74) is 7.63. The molecular formula is C14H20ClNO. The topological polar surface area (TPSA) is 35.2 Å². The van der Waals surface area contributed by atoms with Crippen LogP contribution in [0.3, 0.4) is 0 Å². The normalized spacial score (nSPS) is 19.2. The average Bonchev–Trinajstić information content (AvgIpc) is 2.99. The largest absolute Gasteiger partial charge is 0.489 e. The maximum Gasteiger partial charge on any atom is 0.138 e. The first-order valence-corrected chi connectivity index (χ1v) is 6.52. The van der Waals surface area contributed by atoms with Gasteiger partial charge in [0.25, 0.3) is 0 Å². The van der Waals surface area contributed by atoms with Crippen LogP contribution >= 0.6 is 11.6 Å². The van der Waals surface area contributed by atoms with Gasteiger partial charge in [0.2, 0.25) is 0 Å². The van der Waals surface area contributed by atoms with Crippen molar-refractivity contribution < 1.29 is 4.74 Å². The lowest BCUT2D eigenvalue weighted by Crippen LogP contribution is -2.20. The van der Waals surface area contributed by atoms with Crippen LogP contribution in [-0.4, -0.2) is 6.10 Å². The van der Waals surface area contributed by atoms with Crippen LogP contribution in [0, 0.1) is 5.41 Å². The first-order chi connectivity index (χ1) is 7.92. The summed E-state index contributed by atoms with van der Waals surface area (Å²) in [5, 5.41) is 0.649. The Hall–Kier alpha value is -0.730. The van der Waals surface area contributed by atoms with E-state index in [1.807, 2.05) is 32.0 Å². The molecule has 1 aliphatic rings. The van der Waals surface area contributed by atoms with Crippen molar-refractivity contribution in [2.24, 2.45) is 11.1 Å². The highest BCUT2D eigenvalue weighted by molar-refractivity contribution is 6.32. The van der Waals surface area contributed by atoms with E-state index in [0.717, 1.165) is 11.3 Å². The van der Waals surface area contributed by atoms with Gasteiger partial charge in [-0.05, 0) is 49.8 Å². The molecule has 1 fully saturated rings. The zero-order chi connectivity index (χ0) is 12.6. The quantitative estimate of drug-likeness (QED) is 0.883. The summed E-state index contributed by atoms with van der Waals surface area (Å²) < 4.78 is 5.61. The Morgan fingerprint density at radius 2 is 2.00 bits per heavy atom. The van der Waals surface area contributed by atoms with Crippen LogP contribution in [0.25, 0.3) is 0 Å². The maximum absolute atomic E-state index is 6.26. The van der Waals surface area contributed by atoms with Gasteiger partial charge >= 0.3 is 0 Å². The van der Waals surface area contributed by atoms with Gasteiger partial charge in [0.1, 0.15) is 5.75 Å². The third-order valence-corrected chi connectivity index (χ3v) is 3.76. The van der Waals surface area contributed by atoms with Gasteiger partial charge in [-0.2, -0.15) is 0 Å². The average molecular weight is 254 g/mol. The molecule has 1 unspecified atom stereocenters. The minimum Gasteiger partial charge on any atom is -0.489 e. The summed E-state index contributed by atoms with van der Waals surface area (Å²) >= 11 is 6.21. The van der Waals surface area contributed by atoms with Crippen LogP contribution in [0.2, 0.25) is 5.02 Å². The number of ether oxygens (including phenoxy) is 1. The summed E-state index contributed by atoms with van der Waals surface area (Å²) in [5.74, 6) is 0.735. The molecule has 1 aliphatic carbocycles. The molecule has 2 N–H and O–H groups in total. The summed E-state index contributed by atoms with van der Waals surface area (Å²) in [6, 6.07) is 5.96.